The summed E-state index contributed by atoms with van der Waals surface area (Å²) in [5.41, 5.74) is 26.3. The molecule has 1 aromatic rings. The Morgan fingerprint density at radius 1 is 1.38 bits per heavy atom. The van der Waals surface area contributed by atoms with Crippen LogP contribution in [0.25, 0.3) is 11.1 Å². The van der Waals surface area contributed by atoms with E-state index in [1.807, 2.05) is 6.92 Å². The predicted molar refractivity (Wildman–Crippen MR) is 118 cm³/mol. The van der Waals surface area contributed by atoms with Crippen LogP contribution in [-0.4, -0.2) is 52.0 Å². The minimum Gasteiger partial charge on any atom is -0.685 e. The van der Waals surface area contributed by atoms with E-state index in [2.05, 4.69) is 15.6 Å². The van der Waals surface area contributed by atoms with E-state index < -0.39 is 5.91 Å². The van der Waals surface area contributed by atoms with Crippen LogP contribution in [-0.2, 0) is 21.1 Å². The van der Waals surface area contributed by atoms with Gasteiger partial charge in [0.15, 0.2) is 0 Å². The van der Waals surface area contributed by atoms with Gasteiger partial charge in [0.1, 0.15) is 5.75 Å². The van der Waals surface area contributed by atoms with E-state index in [0.717, 1.165) is 24.4 Å². The Bertz CT molecular complexity index is 650. The number of hydrogen-bond acceptors (Lipinski definition) is 6. The maximum Gasteiger partial charge on any atom is 2.00 e. The SMILES string of the molecule is CCN=C(/C=C(/C)N)C[NH-].C[N-]c1cc(C(N)=O)cc(OC)c1NCCCN.[W+2]. The van der Waals surface area contributed by atoms with Gasteiger partial charge in [0.2, 0.25) is 5.91 Å². The van der Waals surface area contributed by atoms with Crippen molar-refractivity contribution < 1.29 is 30.6 Å². The van der Waals surface area contributed by atoms with Crippen molar-refractivity contribution in [2.24, 2.45) is 22.2 Å². The van der Waals surface area contributed by atoms with Crippen molar-refractivity contribution in [3.63, 3.8) is 0 Å². The molecule has 0 radical (unpaired) electrons. The average Bonchev–Trinajstić information content (AvgIpc) is 2.67. The van der Waals surface area contributed by atoms with Crippen molar-refractivity contribution in [1.82, 2.24) is 0 Å². The minimum absolute atomic E-state index is 0. The maximum atomic E-state index is 11.2. The van der Waals surface area contributed by atoms with Crippen molar-refractivity contribution >= 4 is 23.0 Å². The van der Waals surface area contributed by atoms with Gasteiger partial charge in [-0.05, 0) is 39.0 Å². The van der Waals surface area contributed by atoms with Gasteiger partial charge in [-0.2, -0.15) is 0 Å². The Morgan fingerprint density at radius 2 is 2.03 bits per heavy atom. The number of rotatable bonds is 10. The van der Waals surface area contributed by atoms with E-state index in [1.165, 1.54) is 7.11 Å². The standard InChI is InChI=1S/C12H19N4O2.C7H14N3.W/c1-15-9-6-8(12(14)17)7-10(18-2)11(9)16-5-3-4-13;1-3-10-7(5-8)4-6(2)9;/h6-7H,3-5,13H2,1-2H3,(H3,14,16,17);4,8H,3,5,9H2,1-2H3;/q2*-1;+2/b;6-4-,10-7?;. The molecule has 1 aromatic carbocycles. The average molecular weight is 575 g/mol. The zero-order chi connectivity index (χ0) is 21.5. The molecule has 10 heteroatoms. The molecule has 1 amide bonds. The molecule has 1 rings (SSSR count). The Kier molecular flexibility index (Phi) is 16.9. The third-order valence-corrected chi connectivity index (χ3v) is 3.45. The number of ether oxygens (including phenoxy) is 1. The minimum atomic E-state index is -0.508. The molecule has 0 saturated carbocycles. The molecule has 0 aliphatic rings. The maximum absolute atomic E-state index is 11.2. The number of nitrogens with one attached hydrogen (secondary N) is 2. The van der Waals surface area contributed by atoms with Crippen LogP contribution in [0.4, 0.5) is 11.4 Å². The van der Waals surface area contributed by atoms with E-state index in [-0.39, 0.29) is 27.6 Å². The zero-order valence-corrected chi connectivity index (χ0v) is 20.6. The summed E-state index contributed by atoms with van der Waals surface area (Å²) < 4.78 is 5.25. The second-order valence-electron chi connectivity index (χ2n) is 5.76. The number of nitrogens with zero attached hydrogens (tertiary/aromatic N) is 2. The molecule has 0 unspecified atom stereocenters. The number of anilines is 1. The molecule has 0 fully saturated rings. The quantitative estimate of drug-likeness (QED) is 0.248. The molecule has 8 N–H and O–H groups in total. The van der Waals surface area contributed by atoms with Gasteiger partial charge in [0.05, 0.1) is 12.8 Å². The molecule has 162 valence electrons. The third-order valence-electron chi connectivity index (χ3n) is 3.45. The molecule has 0 bridgehead atoms. The summed E-state index contributed by atoms with van der Waals surface area (Å²) in [6.45, 7) is 5.98. The van der Waals surface area contributed by atoms with Crippen LogP contribution in [0.5, 0.6) is 5.75 Å². The van der Waals surface area contributed by atoms with E-state index >= 15 is 0 Å². The number of amides is 1. The number of carbonyl (C=O) groups excluding carboxylic acids is 1. The topological polar surface area (TPSA) is 167 Å². The Balaban J connectivity index is 0. The Labute approximate surface area is 188 Å². The summed E-state index contributed by atoms with van der Waals surface area (Å²) in [7, 11) is 3.18. The van der Waals surface area contributed by atoms with Crippen LogP contribution in [0.1, 0.15) is 30.6 Å². The summed E-state index contributed by atoms with van der Waals surface area (Å²) in [6, 6.07) is 3.23. The molecule has 0 aromatic heterocycles. The fourth-order valence-corrected chi connectivity index (χ4v) is 2.19. The van der Waals surface area contributed by atoms with Gasteiger partial charge in [0, 0.05) is 30.1 Å². The molecule has 0 aliphatic heterocycles. The van der Waals surface area contributed by atoms with Gasteiger partial charge in [-0.15, -0.1) is 19.3 Å². The van der Waals surface area contributed by atoms with Crippen molar-refractivity contribution in [3.8, 4) is 5.75 Å². The predicted octanol–water partition coefficient (Wildman–Crippen LogP) is 2.55. The number of allylic oxidation sites excluding steroid dienone is 1. The summed E-state index contributed by atoms with van der Waals surface area (Å²) >= 11 is 0. The largest absolute Gasteiger partial charge is 2.00 e. The number of hydrogen-bond donors (Lipinski definition) is 4. The number of aliphatic imine (C=N–C) groups is 1. The van der Waals surface area contributed by atoms with Crippen LogP contribution in [0.3, 0.4) is 0 Å². The van der Waals surface area contributed by atoms with Crippen molar-refractivity contribution in [2.75, 3.05) is 45.7 Å². The molecule has 0 aliphatic carbocycles. The molecule has 29 heavy (non-hydrogen) atoms. The van der Waals surface area contributed by atoms with Crippen LogP contribution >= 0.6 is 0 Å². The van der Waals surface area contributed by atoms with Gasteiger partial charge in [-0.25, -0.2) is 0 Å². The van der Waals surface area contributed by atoms with Crippen LogP contribution in [0.2, 0.25) is 0 Å². The second-order valence-corrected chi connectivity index (χ2v) is 5.76. The summed E-state index contributed by atoms with van der Waals surface area (Å²) in [6.07, 6.45) is 2.57. The first-order chi connectivity index (χ1) is 13.3. The van der Waals surface area contributed by atoms with Gasteiger partial charge < -0.3 is 38.3 Å². The first kappa shape index (κ1) is 29.1. The van der Waals surface area contributed by atoms with Gasteiger partial charge >= 0.3 is 21.1 Å². The molecule has 0 atom stereocenters. The molecular formula is C19H33N7O2W. The van der Waals surface area contributed by atoms with Gasteiger partial charge in [-0.3, -0.25) is 9.79 Å². The Hall–Kier alpha value is -2.09. The Morgan fingerprint density at radius 3 is 2.45 bits per heavy atom. The van der Waals surface area contributed by atoms with Gasteiger partial charge in [-0.1, -0.05) is 6.07 Å². The van der Waals surface area contributed by atoms with Crippen LogP contribution < -0.4 is 27.3 Å². The second kappa shape index (κ2) is 16.8. The molecular weight excluding hydrogens is 542 g/mol. The number of carbonyl (C=O) groups is 1. The van der Waals surface area contributed by atoms with Crippen molar-refractivity contribution in [3.05, 3.63) is 40.5 Å². The van der Waals surface area contributed by atoms with Crippen LogP contribution in [0, 0.1) is 0 Å². The summed E-state index contributed by atoms with van der Waals surface area (Å²) in [5.74, 6) is 0.0376. The molecule has 0 heterocycles. The summed E-state index contributed by atoms with van der Waals surface area (Å²) in [5, 5.41) is 7.32. The normalized spacial score (nSPS) is 11.0. The zero-order valence-electron chi connectivity index (χ0n) is 17.6. The number of methoxy groups -OCH3 is 1. The fourth-order valence-electron chi connectivity index (χ4n) is 2.19. The van der Waals surface area contributed by atoms with E-state index in [1.54, 1.807) is 32.2 Å². The van der Waals surface area contributed by atoms with Gasteiger partial charge in [0.25, 0.3) is 0 Å². The third kappa shape index (κ3) is 11.5. The van der Waals surface area contributed by atoms with E-state index in [4.69, 9.17) is 27.7 Å². The molecule has 0 saturated heterocycles. The summed E-state index contributed by atoms with van der Waals surface area (Å²) in [4.78, 5) is 15.3. The fraction of sp³-hybridized carbons (Fsp3) is 0.474. The number of benzene rings is 1. The van der Waals surface area contributed by atoms with Crippen molar-refractivity contribution in [2.45, 2.75) is 20.3 Å². The van der Waals surface area contributed by atoms with Crippen LogP contribution in [0.15, 0.2) is 28.9 Å². The molecule has 9 nitrogen and oxygen atoms in total. The van der Waals surface area contributed by atoms with Crippen molar-refractivity contribution in [1.29, 1.82) is 0 Å². The van der Waals surface area contributed by atoms with E-state index in [9.17, 15) is 4.79 Å². The number of primary amides is 1. The smallest absolute Gasteiger partial charge is 0.685 e. The van der Waals surface area contributed by atoms with E-state index in [0.29, 0.717) is 35.8 Å². The first-order valence-electron chi connectivity index (χ1n) is 9.01. The molecule has 0 spiro atoms. The number of nitrogens with two attached hydrogens (primary N) is 3. The monoisotopic (exact) mass is 575 g/mol. The first-order valence-corrected chi connectivity index (χ1v) is 9.01.